The van der Waals surface area contributed by atoms with Gasteiger partial charge in [-0.2, -0.15) is 5.10 Å². The molecule has 5 nitrogen and oxygen atoms in total. The molecule has 126 valence electrons. The molecule has 1 N–H and O–H groups in total. The Morgan fingerprint density at radius 1 is 1.38 bits per heavy atom. The number of nitrogens with one attached hydrogen (secondary N) is 1. The number of aryl methyl sites for hydroxylation is 1. The number of likely N-dealkylation sites (tertiary alicyclic amines) is 1. The summed E-state index contributed by atoms with van der Waals surface area (Å²) in [5.74, 6) is 1.41. The minimum Gasteiger partial charge on any atom is -0.492 e. The lowest BCUT2D eigenvalue weighted by atomic mass is 9.91. The summed E-state index contributed by atoms with van der Waals surface area (Å²) in [6.07, 6.45) is 2.90. The number of hydrogen-bond acceptors (Lipinski definition) is 3. The monoisotopic (exact) mass is 325 g/mol. The summed E-state index contributed by atoms with van der Waals surface area (Å²) in [4.78, 5) is 15.0. The Bertz CT molecular complexity index is 740. The van der Waals surface area contributed by atoms with E-state index in [-0.39, 0.29) is 11.8 Å². The van der Waals surface area contributed by atoms with Crippen LogP contribution in [0, 0.1) is 12.8 Å². The maximum atomic E-state index is 13.0. The third-order valence-corrected chi connectivity index (χ3v) is 5.11. The standard InChI is InChI=1S/C19H23N3O2/c1-13-9-17(21-20-13)15-6-4-8-22(11-15)19(23)16-10-14-5-2-3-7-18(14)24-12-16/h2-3,5,7,9,15-16H,4,6,8,10-12H2,1H3,(H,20,21)/t15-,16+/m1/s1. The van der Waals surface area contributed by atoms with Crippen molar-refractivity contribution in [3.05, 3.63) is 47.3 Å². The SMILES string of the molecule is Cc1cc([C@@H]2CCCN(C(=O)[C@@H]3COc4ccccc4C3)C2)n[nH]1. The first-order chi connectivity index (χ1) is 11.7. The van der Waals surface area contributed by atoms with E-state index in [4.69, 9.17) is 4.74 Å². The van der Waals surface area contributed by atoms with Crippen LogP contribution >= 0.6 is 0 Å². The number of aromatic nitrogens is 2. The second-order valence-corrected chi connectivity index (χ2v) is 6.92. The van der Waals surface area contributed by atoms with Crippen molar-refractivity contribution in [2.75, 3.05) is 19.7 Å². The Balaban J connectivity index is 1.45. The highest BCUT2D eigenvalue weighted by atomic mass is 16.5. The zero-order chi connectivity index (χ0) is 16.5. The number of piperidine rings is 1. The molecule has 24 heavy (non-hydrogen) atoms. The van der Waals surface area contributed by atoms with Crippen LogP contribution in [0.15, 0.2) is 30.3 Å². The molecule has 4 rings (SSSR count). The normalized spacial score (nSPS) is 23.5. The van der Waals surface area contributed by atoms with E-state index in [1.807, 2.05) is 30.0 Å². The lowest BCUT2D eigenvalue weighted by molar-refractivity contribution is -0.138. The number of nitrogens with zero attached hydrogens (tertiary/aromatic N) is 2. The highest BCUT2D eigenvalue weighted by molar-refractivity contribution is 5.80. The molecule has 2 atom stereocenters. The van der Waals surface area contributed by atoms with E-state index in [1.165, 1.54) is 0 Å². The summed E-state index contributed by atoms with van der Waals surface area (Å²) >= 11 is 0. The van der Waals surface area contributed by atoms with Gasteiger partial charge in [-0.25, -0.2) is 0 Å². The molecule has 5 heteroatoms. The number of ether oxygens (including phenoxy) is 1. The summed E-state index contributed by atoms with van der Waals surface area (Å²) in [5, 5.41) is 7.40. The number of aromatic amines is 1. The second-order valence-electron chi connectivity index (χ2n) is 6.92. The van der Waals surface area contributed by atoms with Crippen molar-refractivity contribution in [1.29, 1.82) is 0 Å². The van der Waals surface area contributed by atoms with Gasteiger partial charge in [-0.3, -0.25) is 9.89 Å². The third-order valence-electron chi connectivity index (χ3n) is 5.11. The van der Waals surface area contributed by atoms with Gasteiger partial charge in [0.25, 0.3) is 0 Å². The topological polar surface area (TPSA) is 58.2 Å². The molecule has 2 aliphatic rings. The van der Waals surface area contributed by atoms with Gasteiger partial charge in [0.05, 0.1) is 11.6 Å². The Morgan fingerprint density at radius 2 is 2.25 bits per heavy atom. The molecule has 0 saturated carbocycles. The van der Waals surface area contributed by atoms with Crippen LogP contribution in [0.3, 0.4) is 0 Å². The van der Waals surface area contributed by atoms with Gasteiger partial charge in [0.15, 0.2) is 0 Å². The number of amides is 1. The van der Waals surface area contributed by atoms with E-state index in [0.29, 0.717) is 12.5 Å². The molecular formula is C19H23N3O2. The average Bonchev–Trinajstić information content (AvgIpc) is 3.07. The maximum Gasteiger partial charge on any atom is 0.229 e. The fraction of sp³-hybridized carbons (Fsp3) is 0.474. The molecule has 0 spiro atoms. The number of benzene rings is 1. The molecule has 0 radical (unpaired) electrons. The lowest BCUT2D eigenvalue weighted by Crippen LogP contribution is -2.45. The molecule has 1 saturated heterocycles. The molecule has 2 aliphatic heterocycles. The summed E-state index contributed by atoms with van der Waals surface area (Å²) in [6, 6.07) is 10.1. The summed E-state index contributed by atoms with van der Waals surface area (Å²) < 4.78 is 5.80. The zero-order valence-corrected chi connectivity index (χ0v) is 14.0. The highest BCUT2D eigenvalue weighted by Crippen LogP contribution is 2.30. The third kappa shape index (κ3) is 2.90. The summed E-state index contributed by atoms with van der Waals surface area (Å²) in [6.45, 7) is 4.11. The van der Waals surface area contributed by atoms with Crippen molar-refractivity contribution in [2.24, 2.45) is 5.92 Å². The number of H-pyrrole nitrogens is 1. The van der Waals surface area contributed by atoms with Gasteiger partial charge in [-0.1, -0.05) is 18.2 Å². The van der Waals surface area contributed by atoms with Gasteiger partial charge >= 0.3 is 0 Å². The van der Waals surface area contributed by atoms with Gasteiger partial charge in [-0.15, -0.1) is 0 Å². The fourth-order valence-electron chi connectivity index (χ4n) is 3.81. The minimum atomic E-state index is -0.0698. The van der Waals surface area contributed by atoms with Crippen LogP contribution in [-0.2, 0) is 11.2 Å². The molecule has 0 unspecified atom stereocenters. The van der Waals surface area contributed by atoms with Crippen LogP contribution in [0.5, 0.6) is 5.75 Å². The second kappa shape index (κ2) is 6.30. The molecule has 0 aliphatic carbocycles. The van der Waals surface area contributed by atoms with Crippen molar-refractivity contribution in [3.63, 3.8) is 0 Å². The van der Waals surface area contributed by atoms with Crippen LogP contribution in [0.2, 0.25) is 0 Å². The van der Waals surface area contributed by atoms with Gasteiger partial charge in [0, 0.05) is 24.7 Å². The summed E-state index contributed by atoms with van der Waals surface area (Å²) in [5.41, 5.74) is 3.29. The number of fused-ring (bicyclic) bond motifs is 1. The highest BCUT2D eigenvalue weighted by Gasteiger charge is 2.33. The molecule has 1 aromatic heterocycles. The van der Waals surface area contributed by atoms with Crippen molar-refractivity contribution >= 4 is 5.91 Å². The number of hydrogen-bond donors (Lipinski definition) is 1. The zero-order valence-electron chi connectivity index (χ0n) is 14.0. The Labute approximate surface area is 142 Å². The average molecular weight is 325 g/mol. The van der Waals surface area contributed by atoms with Crippen molar-refractivity contribution in [3.8, 4) is 5.75 Å². The van der Waals surface area contributed by atoms with E-state index in [1.54, 1.807) is 0 Å². The van der Waals surface area contributed by atoms with E-state index in [9.17, 15) is 4.79 Å². The molecule has 3 heterocycles. The number of carbonyl (C=O) groups excluding carboxylic acids is 1. The van der Waals surface area contributed by atoms with Crippen LogP contribution < -0.4 is 4.74 Å². The number of rotatable bonds is 2. The van der Waals surface area contributed by atoms with Crippen molar-refractivity contribution in [1.82, 2.24) is 15.1 Å². The molecular weight excluding hydrogens is 302 g/mol. The van der Waals surface area contributed by atoms with E-state index in [0.717, 1.165) is 55.1 Å². The van der Waals surface area contributed by atoms with Gasteiger partial charge < -0.3 is 9.64 Å². The van der Waals surface area contributed by atoms with Crippen LogP contribution in [0.1, 0.15) is 35.7 Å². The first kappa shape index (κ1) is 15.2. The smallest absolute Gasteiger partial charge is 0.229 e. The number of carbonyl (C=O) groups is 1. The van der Waals surface area contributed by atoms with Crippen molar-refractivity contribution in [2.45, 2.75) is 32.1 Å². The van der Waals surface area contributed by atoms with E-state index in [2.05, 4.69) is 22.3 Å². The first-order valence-electron chi connectivity index (χ1n) is 8.72. The quantitative estimate of drug-likeness (QED) is 0.923. The minimum absolute atomic E-state index is 0.0698. The Kier molecular flexibility index (Phi) is 4.00. The first-order valence-corrected chi connectivity index (χ1v) is 8.72. The fourth-order valence-corrected chi connectivity index (χ4v) is 3.81. The Morgan fingerprint density at radius 3 is 3.08 bits per heavy atom. The lowest BCUT2D eigenvalue weighted by Gasteiger charge is -2.35. The predicted molar refractivity (Wildman–Crippen MR) is 91.0 cm³/mol. The largest absolute Gasteiger partial charge is 0.492 e. The van der Waals surface area contributed by atoms with Crippen LogP contribution in [0.4, 0.5) is 0 Å². The molecule has 2 aromatic rings. The predicted octanol–water partition coefficient (Wildman–Crippen LogP) is 2.68. The molecule has 1 amide bonds. The van der Waals surface area contributed by atoms with Gasteiger partial charge in [0.1, 0.15) is 12.4 Å². The number of para-hydroxylation sites is 1. The summed E-state index contributed by atoms with van der Waals surface area (Å²) in [7, 11) is 0. The van der Waals surface area contributed by atoms with Gasteiger partial charge in [-0.05, 0) is 43.9 Å². The van der Waals surface area contributed by atoms with Gasteiger partial charge in [0.2, 0.25) is 5.91 Å². The molecule has 1 fully saturated rings. The molecule has 0 bridgehead atoms. The Hall–Kier alpha value is -2.30. The van der Waals surface area contributed by atoms with E-state index < -0.39 is 0 Å². The van der Waals surface area contributed by atoms with E-state index >= 15 is 0 Å². The van der Waals surface area contributed by atoms with Crippen LogP contribution in [0.25, 0.3) is 0 Å². The maximum absolute atomic E-state index is 13.0. The molecule has 1 aromatic carbocycles. The van der Waals surface area contributed by atoms with Crippen molar-refractivity contribution < 1.29 is 9.53 Å². The van der Waals surface area contributed by atoms with Crippen LogP contribution in [-0.4, -0.2) is 40.7 Å².